The standard InChI is InChI=1S/C26H31FN4O4S/c1-34-24-15-21-23(16-25(24)35-13-5-12-31-10-3-2-4-11-31)28-17-29-26(21)20-9-6-18(14-22(20)27)30-36(32,33)19-7-8-19/h6,9,14-17,19,30H,2-5,7-8,10-13H2,1H3. The number of fused-ring (bicyclic) bond motifs is 1. The Balaban J connectivity index is 1.35. The third-order valence-corrected chi connectivity index (χ3v) is 8.56. The number of sulfonamides is 1. The van der Waals surface area contributed by atoms with Crippen molar-refractivity contribution >= 4 is 26.6 Å². The van der Waals surface area contributed by atoms with Crippen LogP contribution in [-0.2, 0) is 10.0 Å². The molecule has 1 saturated heterocycles. The van der Waals surface area contributed by atoms with Gasteiger partial charge in [0.2, 0.25) is 10.0 Å². The minimum atomic E-state index is -3.47. The van der Waals surface area contributed by atoms with Crippen LogP contribution < -0.4 is 14.2 Å². The number of nitrogens with one attached hydrogen (secondary N) is 1. The fourth-order valence-corrected chi connectivity index (χ4v) is 5.98. The molecule has 1 aliphatic heterocycles. The van der Waals surface area contributed by atoms with Crippen molar-refractivity contribution in [3.8, 4) is 22.8 Å². The van der Waals surface area contributed by atoms with E-state index in [1.165, 1.54) is 37.7 Å². The number of anilines is 1. The molecule has 0 bridgehead atoms. The Morgan fingerprint density at radius 2 is 1.89 bits per heavy atom. The van der Waals surface area contributed by atoms with Crippen LogP contribution >= 0.6 is 0 Å². The highest BCUT2D eigenvalue weighted by Crippen LogP contribution is 2.37. The van der Waals surface area contributed by atoms with E-state index in [9.17, 15) is 8.42 Å². The molecule has 1 saturated carbocycles. The summed E-state index contributed by atoms with van der Waals surface area (Å²) in [6, 6.07) is 7.80. The molecule has 10 heteroatoms. The summed E-state index contributed by atoms with van der Waals surface area (Å²) in [6.07, 6.45) is 7.41. The van der Waals surface area contributed by atoms with E-state index < -0.39 is 15.8 Å². The minimum Gasteiger partial charge on any atom is -0.493 e. The molecule has 0 unspecified atom stereocenters. The molecule has 2 heterocycles. The van der Waals surface area contributed by atoms with Crippen LogP contribution in [0.5, 0.6) is 11.5 Å². The van der Waals surface area contributed by atoms with Gasteiger partial charge in [-0.05, 0) is 69.5 Å². The van der Waals surface area contributed by atoms with Crippen molar-refractivity contribution in [3.63, 3.8) is 0 Å². The molecule has 1 aromatic heterocycles. The second kappa shape index (κ2) is 10.6. The zero-order valence-corrected chi connectivity index (χ0v) is 21.2. The Morgan fingerprint density at radius 1 is 1.08 bits per heavy atom. The van der Waals surface area contributed by atoms with Gasteiger partial charge >= 0.3 is 0 Å². The van der Waals surface area contributed by atoms with E-state index in [1.54, 1.807) is 25.3 Å². The van der Waals surface area contributed by atoms with Crippen molar-refractivity contribution in [2.75, 3.05) is 38.1 Å². The highest BCUT2D eigenvalue weighted by molar-refractivity contribution is 7.93. The topological polar surface area (TPSA) is 93.6 Å². The lowest BCUT2D eigenvalue weighted by atomic mass is 10.0. The van der Waals surface area contributed by atoms with E-state index >= 15 is 4.39 Å². The smallest absolute Gasteiger partial charge is 0.235 e. The molecular formula is C26H31FN4O4S. The Morgan fingerprint density at radius 3 is 2.61 bits per heavy atom. The molecule has 5 rings (SSSR count). The van der Waals surface area contributed by atoms with E-state index in [2.05, 4.69) is 19.6 Å². The van der Waals surface area contributed by atoms with Crippen LogP contribution in [0.15, 0.2) is 36.7 Å². The number of piperidine rings is 1. The fourth-order valence-electron chi connectivity index (χ4n) is 4.60. The maximum atomic E-state index is 15.1. The number of nitrogens with zero attached hydrogens (tertiary/aromatic N) is 3. The van der Waals surface area contributed by atoms with Crippen LogP contribution in [0.3, 0.4) is 0 Å². The highest BCUT2D eigenvalue weighted by atomic mass is 32.2. The summed E-state index contributed by atoms with van der Waals surface area (Å²) >= 11 is 0. The van der Waals surface area contributed by atoms with E-state index in [0.717, 1.165) is 26.1 Å². The maximum Gasteiger partial charge on any atom is 0.235 e. The van der Waals surface area contributed by atoms with Gasteiger partial charge in [-0.2, -0.15) is 0 Å². The predicted molar refractivity (Wildman–Crippen MR) is 137 cm³/mol. The third kappa shape index (κ3) is 5.54. The first-order chi connectivity index (χ1) is 17.4. The van der Waals surface area contributed by atoms with E-state index in [4.69, 9.17) is 9.47 Å². The molecule has 0 spiro atoms. The molecule has 0 amide bonds. The van der Waals surface area contributed by atoms with Crippen molar-refractivity contribution in [1.82, 2.24) is 14.9 Å². The first-order valence-electron chi connectivity index (χ1n) is 12.4. The summed E-state index contributed by atoms with van der Waals surface area (Å²) in [5.41, 5.74) is 1.43. The number of halogens is 1. The molecule has 0 atom stereocenters. The number of benzene rings is 2. The molecule has 2 aliphatic rings. The molecule has 36 heavy (non-hydrogen) atoms. The average molecular weight is 515 g/mol. The Kier molecular flexibility index (Phi) is 7.25. The molecule has 8 nitrogen and oxygen atoms in total. The van der Waals surface area contributed by atoms with Crippen molar-refractivity contribution in [2.45, 2.75) is 43.8 Å². The largest absolute Gasteiger partial charge is 0.493 e. The average Bonchev–Trinajstić information content (AvgIpc) is 3.73. The van der Waals surface area contributed by atoms with Gasteiger partial charge in [0.15, 0.2) is 11.5 Å². The number of aromatic nitrogens is 2. The molecule has 3 aromatic rings. The van der Waals surface area contributed by atoms with Gasteiger partial charge in [-0.3, -0.25) is 4.72 Å². The lowest BCUT2D eigenvalue weighted by Gasteiger charge is -2.26. The zero-order chi connectivity index (χ0) is 25.1. The number of ether oxygens (including phenoxy) is 2. The highest BCUT2D eigenvalue weighted by Gasteiger charge is 2.35. The monoisotopic (exact) mass is 514 g/mol. The second-order valence-corrected chi connectivity index (χ2v) is 11.3. The molecule has 192 valence electrons. The number of hydrogen-bond acceptors (Lipinski definition) is 7. The first-order valence-corrected chi connectivity index (χ1v) is 14.0. The predicted octanol–water partition coefficient (Wildman–Crippen LogP) is 4.60. The summed E-state index contributed by atoms with van der Waals surface area (Å²) in [5, 5.41) is 0.222. The van der Waals surface area contributed by atoms with E-state index in [0.29, 0.717) is 47.5 Å². The number of rotatable bonds is 10. The van der Waals surface area contributed by atoms with E-state index in [-0.39, 0.29) is 16.5 Å². The van der Waals surface area contributed by atoms with Crippen LogP contribution in [0.2, 0.25) is 0 Å². The molecule has 1 N–H and O–H groups in total. The van der Waals surface area contributed by atoms with Gasteiger partial charge in [0.1, 0.15) is 12.1 Å². The Hall–Kier alpha value is -2.98. The normalized spacial score (nSPS) is 16.7. The van der Waals surface area contributed by atoms with Crippen molar-refractivity contribution < 1.29 is 22.3 Å². The number of methoxy groups -OCH3 is 1. The van der Waals surface area contributed by atoms with Gasteiger partial charge in [-0.1, -0.05) is 6.42 Å². The summed E-state index contributed by atoms with van der Waals surface area (Å²) in [6.45, 7) is 3.88. The molecule has 0 radical (unpaired) electrons. The van der Waals surface area contributed by atoms with Gasteiger partial charge in [0.25, 0.3) is 0 Å². The van der Waals surface area contributed by atoms with Crippen molar-refractivity contribution in [2.24, 2.45) is 0 Å². The van der Waals surface area contributed by atoms with Crippen molar-refractivity contribution in [1.29, 1.82) is 0 Å². The van der Waals surface area contributed by atoms with Crippen LogP contribution in [0.25, 0.3) is 22.2 Å². The van der Waals surface area contributed by atoms with Crippen LogP contribution in [0.4, 0.5) is 10.1 Å². The second-order valence-electron chi connectivity index (χ2n) is 9.39. The molecule has 1 aliphatic carbocycles. The quantitative estimate of drug-likeness (QED) is 0.395. The lowest BCUT2D eigenvalue weighted by Crippen LogP contribution is -2.31. The van der Waals surface area contributed by atoms with Gasteiger partial charge < -0.3 is 14.4 Å². The summed E-state index contributed by atoms with van der Waals surface area (Å²) in [4.78, 5) is 11.2. The lowest BCUT2D eigenvalue weighted by molar-refractivity contribution is 0.203. The van der Waals surface area contributed by atoms with Gasteiger partial charge in [0.05, 0.1) is 35.9 Å². The van der Waals surface area contributed by atoms with E-state index in [1.807, 2.05) is 0 Å². The van der Waals surface area contributed by atoms with Crippen LogP contribution in [0, 0.1) is 5.82 Å². The number of likely N-dealkylation sites (tertiary alicyclic amines) is 1. The van der Waals surface area contributed by atoms with Crippen LogP contribution in [0.1, 0.15) is 38.5 Å². The van der Waals surface area contributed by atoms with Gasteiger partial charge in [-0.15, -0.1) is 0 Å². The Bertz CT molecular complexity index is 1340. The summed E-state index contributed by atoms with van der Waals surface area (Å²) in [5.74, 6) is 0.521. The maximum absolute atomic E-state index is 15.1. The molecule has 2 aromatic carbocycles. The Labute approximate surface area is 210 Å². The van der Waals surface area contributed by atoms with Crippen molar-refractivity contribution in [3.05, 3.63) is 42.5 Å². The minimum absolute atomic E-state index is 0.194. The number of hydrogen-bond donors (Lipinski definition) is 1. The summed E-state index contributed by atoms with van der Waals surface area (Å²) in [7, 11) is -1.91. The summed E-state index contributed by atoms with van der Waals surface area (Å²) < 4.78 is 53.6. The van der Waals surface area contributed by atoms with Gasteiger partial charge in [0, 0.05) is 23.6 Å². The molecule has 2 fully saturated rings. The fraction of sp³-hybridized carbons (Fsp3) is 0.462. The SMILES string of the molecule is COc1cc2c(-c3ccc(NS(=O)(=O)C4CC4)cc3F)ncnc2cc1OCCCN1CCCCC1. The molecular weight excluding hydrogens is 483 g/mol. The third-order valence-electron chi connectivity index (χ3n) is 6.69. The first kappa shape index (κ1) is 24.7. The van der Waals surface area contributed by atoms with Crippen LogP contribution in [-0.4, -0.2) is 61.9 Å². The zero-order valence-electron chi connectivity index (χ0n) is 20.4. The van der Waals surface area contributed by atoms with Gasteiger partial charge in [-0.25, -0.2) is 22.8 Å².